The molecule has 0 spiro atoms. The lowest BCUT2D eigenvalue weighted by Gasteiger charge is -2.27. The average Bonchev–Trinajstić information content (AvgIpc) is 2.73. The van der Waals surface area contributed by atoms with E-state index < -0.39 is 0 Å². The van der Waals surface area contributed by atoms with Crippen LogP contribution in [0.5, 0.6) is 17.2 Å². The van der Waals surface area contributed by atoms with Crippen LogP contribution in [0.4, 0.5) is 0 Å². The van der Waals surface area contributed by atoms with Gasteiger partial charge in [0, 0.05) is 5.56 Å². The first kappa shape index (κ1) is 23.1. The van der Waals surface area contributed by atoms with Crippen LogP contribution in [0, 0.1) is 0 Å². The van der Waals surface area contributed by atoms with Gasteiger partial charge in [-0.2, -0.15) is 0 Å². The number of phenols is 3. The van der Waals surface area contributed by atoms with E-state index in [1.807, 2.05) is 0 Å². The van der Waals surface area contributed by atoms with E-state index in [4.69, 9.17) is 4.74 Å². The minimum absolute atomic E-state index is 0.00811. The Hall–Kier alpha value is -2.07. The summed E-state index contributed by atoms with van der Waals surface area (Å²) in [7, 11) is 0. The van der Waals surface area contributed by atoms with Gasteiger partial charge in [0.2, 0.25) is 5.78 Å². The maximum absolute atomic E-state index is 13.2. The molecule has 9 heteroatoms. The number of allylic oxidation sites excluding steroid dienone is 2. The van der Waals surface area contributed by atoms with E-state index in [-0.39, 0.29) is 28.8 Å². The number of carbonyl (C=O) groups is 1. The van der Waals surface area contributed by atoms with Gasteiger partial charge in [0.05, 0.1) is 23.5 Å². The molecule has 1 heterocycles. The van der Waals surface area contributed by atoms with E-state index in [0.29, 0.717) is 40.4 Å². The molecule has 5 nitrogen and oxygen atoms in total. The molecule has 0 radical (unpaired) electrons. The maximum Gasteiger partial charge on any atom is 0.229 e. The van der Waals surface area contributed by atoms with E-state index in [2.05, 4.69) is 63.7 Å². The monoisotopic (exact) mass is 684 g/mol. The van der Waals surface area contributed by atoms with Gasteiger partial charge in [-0.15, -0.1) is 0 Å². The Labute approximate surface area is 216 Å². The van der Waals surface area contributed by atoms with E-state index in [9.17, 15) is 20.1 Å². The van der Waals surface area contributed by atoms with E-state index in [0.717, 1.165) is 5.56 Å². The van der Waals surface area contributed by atoms with Crippen molar-refractivity contribution in [2.75, 3.05) is 0 Å². The normalized spacial score (nSPS) is 14.3. The molecule has 3 N–H and O–H groups in total. The van der Waals surface area contributed by atoms with Gasteiger partial charge in [-0.1, -0.05) is 12.1 Å². The van der Waals surface area contributed by atoms with Crippen molar-refractivity contribution in [3.8, 4) is 17.2 Å². The Balaban J connectivity index is 1.84. The van der Waals surface area contributed by atoms with Crippen LogP contribution in [-0.2, 0) is 4.74 Å². The highest BCUT2D eigenvalue weighted by molar-refractivity contribution is 9.11. The molecule has 0 aliphatic carbocycles. The second-order valence-electron chi connectivity index (χ2n) is 6.81. The number of rotatable bonds is 4. The third-order valence-corrected chi connectivity index (χ3v) is 7.16. The highest BCUT2D eigenvalue weighted by atomic mass is 79.9. The Morgan fingerprint density at radius 3 is 1.97 bits per heavy atom. The fourth-order valence-corrected chi connectivity index (χ4v) is 5.03. The summed E-state index contributed by atoms with van der Waals surface area (Å²) in [4.78, 5) is 13.2. The zero-order valence-corrected chi connectivity index (χ0v) is 22.2. The van der Waals surface area contributed by atoms with Crippen molar-refractivity contribution in [2.24, 2.45) is 0 Å². The van der Waals surface area contributed by atoms with Gasteiger partial charge in [0.25, 0.3) is 0 Å². The second kappa shape index (κ2) is 9.05. The smallest absolute Gasteiger partial charge is 0.229 e. The van der Waals surface area contributed by atoms with Crippen LogP contribution in [0.2, 0.25) is 0 Å². The molecule has 0 saturated carbocycles. The molecule has 0 aromatic heterocycles. The number of ether oxygens (including phenoxy) is 1. The number of halogens is 4. The van der Waals surface area contributed by atoms with Crippen molar-refractivity contribution in [1.82, 2.24) is 0 Å². The lowest BCUT2D eigenvalue weighted by molar-refractivity contribution is 0.0947. The summed E-state index contributed by atoms with van der Waals surface area (Å²) in [5.41, 5.74) is 2.31. The molecule has 32 heavy (non-hydrogen) atoms. The van der Waals surface area contributed by atoms with E-state index in [1.165, 1.54) is 18.2 Å². The summed E-state index contributed by atoms with van der Waals surface area (Å²) in [6.07, 6.45) is 1.75. The fraction of sp³-hybridized carbons (Fsp3) is 0. The Bertz CT molecular complexity index is 1320. The van der Waals surface area contributed by atoms with E-state index >= 15 is 0 Å². The Kier molecular flexibility index (Phi) is 6.53. The predicted molar refractivity (Wildman–Crippen MR) is 135 cm³/mol. The molecule has 1 aliphatic rings. The summed E-state index contributed by atoms with van der Waals surface area (Å²) in [5, 5.41) is 29.6. The number of benzene rings is 3. The van der Waals surface area contributed by atoms with Gasteiger partial charge >= 0.3 is 0 Å². The molecule has 0 atom stereocenters. The molecule has 3 aromatic rings. The number of hydrogen-bond acceptors (Lipinski definition) is 5. The zero-order valence-electron chi connectivity index (χ0n) is 15.9. The third kappa shape index (κ3) is 4.39. The molecule has 0 amide bonds. The zero-order chi connectivity index (χ0) is 23.2. The molecular formula is C23H12Br4O5. The van der Waals surface area contributed by atoms with E-state index in [1.54, 1.807) is 36.4 Å². The van der Waals surface area contributed by atoms with Crippen molar-refractivity contribution in [3.63, 3.8) is 0 Å². The molecular weight excluding hydrogens is 676 g/mol. The first-order chi connectivity index (χ1) is 15.2. The maximum atomic E-state index is 13.2. The second-order valence-corrected chi connectivity index (χ2v) is 10.2. The van der Waals surface area contributed by atoms with Crippen LogP contribution >= 0.6 is 63.7 Å². The minimum Gasteiger partial charge on any atom is -0.507 e. The third-order valence-electron chi connectivity index (χ3n) is 4.68. The van der Waals surface area contributed by atoms with Crippen molar-refractivity contribution in [3.05, 3.63) is 94.6 Å². The average molecular weight is 688 g/mol. The number of carbonyl (C=O) groups excluding carboxylic acids is 1. The molecule has 0 unspecified atom stereocenters. The summed E-state index contributed by atoms with van der Waals surface area (Å²) in [6, 6.07) is 12.9. The van der Waals surface area contributed by atoms with Crippen molar-refractivity contribution >= 4 is 81.2 Å². The summed E-state index contributed by atoms with van der Waals surface area (Å²) in [5.74, 6) is 0.401. The molecule has 3 aromatic carbocycles. The largest absolute Gasteiger partial charge is 0.507 e. The predicted octanol–water partition coefficient (Wildman–Crippen LogP) is 7.52. The summed E-state index contributed by atoms with van der Waals surface area (Å²) >= 11 is 13.1. The molecule has 4 rings (SSSR count). The standard InChI is InChI=1S/C23H12Br4O5/c24-13-5-10(1-3-17(13)28)6-19-20(11-2-4-18(29)14(25)7-11)23(32-19)21(30)12-8-15(26)22(31)16(27)9-12/h1-9,28-29,31H/b19-6-. The van der Waals surface area contributed by atoms with Crippen LogP contribution in [0.1, 0.15) is 21.5 Å². The Morgan fingerprint density at radius 2 is 1.38 bits per heavy atom. The number of ketones is 1. The van der Waals surface area contributed by atoms with Crippen molar-refractivity contribution < 1.29 is 24.9 Å². The van der Waals surface area contributed by atoms with Gasteiger partial charge in [0.1, 0.15) is 23.0 Å². The molecule has 0 saturated heterocycles. The van der Waals surface area contributed by atoms with Gasteiger partial charge < -0.3 is 20.1 Å². The van der Waals surface area contributed by atoms with Crippen LogP contribution in [0.3, 0.4) is 0 Å². The summed E-state index contributed by atoms with van der Waals surface area (Å²) in [6.45, 7) is 0. The lowest BCUT2D eigenvalue weighted by atomic mass is 9.93. The van der Waals surface area contributed by atoms with Gasteiger partial charge in [0.15, 0.2) is 5.76 Å². The molecule has 162 valence electrons. The minimum atomic E-state index is -0.366. The van der Waals surface area contributed by atoms with Gasteiger partial charge in [-0.3, -0.25) is 4.79 Å². The van der Waals surface area contributed by atoms with Crippen molar-refractivity contribution in [1.29, 1.82) is 0 Å². The van der Waals surface area contributed by atoms with Crippen LogP contribution < -0.4 is 0 Å². The summed E-state index contributed by atoms with van der Waals surface area (Å²) < 4.78 is 7.56. The lowest BCUT2D eigenvalue weighted by Crippen LogP contribution is -2.19. The number of phenolic OH excluding ortho intramolecular Hbond substituents is 3. The fourth-order valence-electron chi connectivity index (χ4n) is 3.07. The van der Waals surface area contributed by atoms with Crippen LogP contribution in [0.15, 0.2) is 77.9 Å². The molecule has 1 aliphatic heterocycles. The highest BCUT2D eigenvalue weighted by Crippen LogP contribution is 2.44. The highest BCUT2D eigenvalue weighted by Gasteiger charge is 2.34. The SMILES string of the molecule is O=C(C1=C(c2ccc(O)c(Br)c2)/C(=C/c2ccc(O)c(Br)c2)O1)c1cc(Br)c(O)c(Br)c1. The van der Waals surface area contributed by atoms with Crippen LogP contribution in [0.25, 0.3) is 11.6 Å². The van der Waals surface area contributed by atoms with Gasteiger partial charge in [-0.25, -0.2) is 0 Å². The van der Waals surface area contributed by atoms with Crippen LogP contribution in [-0.4, -0.2) is 21.1 Å². The van der Waals surface area contributed by atoms with Gasteiger partial charge in [-0.05, 0) is 117 Å². The number of aromatic hydroxyl groups is 3. The first-order valence-corrected chi connectivity index (χ1v) is 12.2. The topological polar surface area (TPSA) is 87.0 Å². The Morgan fingerprint density at radius 1 is 0.781 bits per heavy atom. The number of Topliss-reactive ketones (excluding diaryl/α,β-unsaturated/α-hetero) is 1. The molecule has 0 bridgehead atoms. The first-order valence-electron chi connectivity index (χ1n) is 9.00. The molecule has 0 fully saturated rings. The van der Waals surface area contributed by atoms with Crippen molar-refractivity contribution in [2.45, 2.75) is 0 Å². The quantitative estimate of drug-likeness (QED) is 0.247. The number of hydrogen-bond donors (Lipinski definition) is 3.